The van der Waals surface area contributed by atoms with Crippen molar-refractivity contribution in [3.05, 3.63) is 223 Å². The van der Waals surface area contributed by atoms with Crippen LogP contribution in [0.4, 0.5) is 17.1 Å². The van der Waals surface area contributed by atoms with Crippen molar-refractivity contribution in [3.8, 4) is 78.3 Å². The second-order valence-corrected chi connectivity index (χ2v) is 16.0. The quantitative estimate of drug-likeness (QED) is 0.177. The highest BCUT2D eigenvalue weighted by Crippen LogP contribution is 2.54. The molecular formula is C57H41NO. The molecule has 0 N–H and O–H groups in total. The van der Waals surface area contributed by atoms with E-state index in [1.54, 1.807) is 0 Å². The number of benzene rings is 9. The Morgan fingerprint density at radius 2 is 0.797 bits per heavy atom. The van der Waals surface area contributed by atoms with Crippen LogP contribution in [0.5, 0.6) is 11.5 Å². The maximum absolute atomic E-state index is 7.48. The van der Waals surface area contributed by atoms with Gasteiger partial charge in [-0.05, 0) is 103 Å². The number of rotatable bonds is 4. The third kappa shape index (κ3) is 5.71. The average molecular weight is 756 g/mol. The van der Waals surface area contributed by atoms with Gasteiger partial charge in [0.25, 0.3) is 0 Å². The first-order chi connectivity index (χ1) is 29.0. The maximum atomic E-state index is 7.48. The molecule has 2 heteroatoms. The van der Waals surface area contributed by atoms with E-state index in [4.69, 9.17) is 4.74 Å². The van der Waals surface area contributed by atoms with Crippen molar-refractivity contribution in [2.75, 3.05) is 4.90 Å². The van der Waals surface area contributed by atoms with Gasteiger partial charge in [-0.2, -0.15) is 0 Å². The summed E-state index contributed by atoms with van der Waals surface area (Å²) in [6.45, 7) is 4.70. The van der Waals surface area contributed by atoms with E-state index in [0.29, 0.717) is 0 Å². The lowest BCUT2D eigenvalue weighted by Crippen LogP contribution is -2.17. The van der Waals surface area contributed by atoms with E-state index in [1.165, 1.54) is 50.1 Å². The first-order valence-corrected chi connectivity index (χ1v) is 20.4. The van der Waals surface area contributed by atoms with Crippen molar-refractivity contribution in [1.82, 2.24) is 0 Å². The van der Waals surface area contributed by atoms with Crippen molar-refractivity contribution in [2.24, 2.45) is 0 Å². The number of para-hydroxylation sites is 2. The van der Waals surface area contributed by atoms with Crippen molar-refractivity contribution < 1.29 is 4.74 Å². The molecule has 0 fully saturated rings. The molecule has 0 amide bonds. The zero-order chi connectivity index (χ0) is 39.5. The van der Waals surface area contributed by atoms with Gasteiger partial charge < -0.3 is 9.64 Å². The SMILES string of the molecule is CC1(C)c2ccccc2-c2ccc(N(c3ccc(-c4ccccc4)cc3)c3cccc4c3Oc3ccccc3-c3ccccc3-c3ccccc3-c3ccccc3-4)cc21. The molecule has 1 aliphatic heterocycles. The topological polar surface area (TPSA) is 12.5 Å². The summed E-state index contributed by atoms with van der Waals surface area (Å²) < 4.78 is 7.48. The summed E-state index contributed by atoms with van der Waals surface area (Å²) >= 11 is 0. The average Bonchev–Trinajstić information content (AvgIpc) is 3.52. The van der Waals surface area contributed by atoms with Crippen LogP contribution in [0.15, 0.2) is 212 Å². The first-order valence-electron chi connectivity index (χ1n) is 20.4. The van der Waals surface area contributed by atoms with E-state index in [0.717, 1.165) is 56.4 Å². The Labute approximate surface area is 346 Å². The molecule has 1 aliphatic carbocycles. The molecule has 0 aromatic heterocycles. The molecule has 0 spiro atoms. The smallest absolute Gasteiger partial charge is 0.159 e. The van der Waals surface area contributed by atoms with Gasteiger partial charge in [-0.1, -0.05) is 190 Å². The molecule has 1 heterocycles. The molecule has 0 unspecified atom stereocenters. The van der Waals surface area contributed by atoms with Crippen molar-refractivity contribution in [3.63, 3.8) is 0 Å². The van der Waals surface area contributed by atoms with Crippen LogP contribution in [-0.4, -0.2) is 0 Å². The van der Waals surface area contributed by atoms with Crippen LogP contribution in [0.2, 0.25) is 0 Å². The fourth-order valence-corrected chi connectivity index (χ4v) is 9.46. The minimum Gasteiger partial charge on any atom is -0.454 e. The third-order valence-corrected chi connectivity index (χ3v) is 12.3. The van der Waals surface area contributed by atoms with Gasteiger partial charge in [-0.15, -0.1) is 0 Å². The van der Waals surface area contributed by atoms with Crippen molar-refractivity contribution >= 4 is 17.1 Å². The summed E-state index contributed by atoms with van der Waals surface area (Å²) in [7, 11) is 0. The molecular weight excluding hydrogens is 715 g/mol. The summed E-state index contributed by atoms with van der Waals surface area (Å²) in [5.74, 6) is 1.59. The normalized spacial score (nSPS) is 12.8. The van der Waals surface area contributed by atoms with E-state index in [-0.39, 0.29) is 5.41 Å². The highest BCUT2D eigenvalue weighted by molar-refractivity contribution is 6.00. The highest BCUT2D eigenvalue weighted by Gasteiger charge is 2.36. The Morgan fingerprint density at radius 3 is 1.44 bits per heavy atom. The molecule has 0 saturated carbocycles. The molecule has 2 aliphatic rings. The molecule has 0 atom stereocenters. The molecule has 280 valence electrons. The van der Waals surface area contributed by atoms with Gasteiger partial charge >= 0.3 is 0 Å². The monoisotopic (exact) mass is 755 g/mol. The predicted molar refractivity (Wildman–Crippen MR) is 246 cm³/mol. The van der Waals surface area contributed by atoms with E-state index < -0.39 is 0 Å². The Hall–Kier alpha value is -7.42. The first kappa shape index (κ1) is 34.8. The molecule has 2 nitrogen and oxygen atoms in total. The summed E-state index contributed by atoms with van der Waals surface area (Å²) in [6, 6.07) is 76.7. The van der Waals surface area contributed by atoms with Crippen LogP contribution in [-0.2, 0) is 5.41 Å². The summed E-state index contributed by atoms with van der Waals surface area (Å²) in [5, 5.41) is 0. The lowest BCUT2D eigenvalue weighted by atomic mass is 9.82. The number of hydrogen-bond donors (Lipinski definition) is 0. The Bertz CT molecular complexity index is 3050. The fourth-order valence-electron chi connectivity index (χ4n) is 9.46. The highest BCUT2D eigenvalue weighted by atomic mass is 16.5. The zero-order valence-corrected chi connectivity index (χ0v) is 33.1. The van der Waals surface area contributed by atoms with Gasteiger partial charge in [0.2, 0.25) is 0 Å². The van der Waals surface area contributed by atoms with Crippen LogP contribution >= 0.6 is 0 Å². The minimum absolute atomic E-state index is 0.167. The van der Waals surface area contributed by atoms with Gasteiger partial charge in [0, 0.05) is 27.9 Å². The van der Waals surface area contributed by atoms with Crippen LogP contribution in [0.3, 0.4) is 0 Å². The lowest BCUT2D eigenvalue weighted by Gasteiger charge is -2.30. The summed E-state index contributed by atoms with van der Waals surface area (Å²) in [6.07, 6.45) is 0. The van der Waals surface area contributed by atoms with E-state index in [1.807, 2.05) is 0 Å². The van der Waals surface area contributed by atoms with E-state index >= 15 is 0 Å². The second-order valence-electron chi connectivity index (χ2n) is 16.0. The molecule has 0 bridgehead atoms. The van der Waals surface area contributed by atoms with Crippen LogP contribution in [0.25, 0.3) is 66.8 Å². The van der Waals surface area contributed by atoms with Gasteiger partial charge in [-0.25, -0.2) is 0 Å². The lowest BCUT2D eigenvalue weighted by molar-refractivity contribution is 0.487. The summed E-state index contributed by atoms with van der Waals surface area (Å²) in [5.41, 5.74) is 19.5. The Kier molecular flexibility index (Phi) is 8.20. The molecule has 0 radical (unpaired) electrons. The number of hydrogen-bond acceptors (Lipinski definition) is 2. The van der Waals surface area contributed by atoms with Gasteiger partial charge in [0.15, 0.2) is 5.75 Å². The number of anilines is 3. The molecule has 9 aromatic rings. The molecule has 11 rings (SSSR count). The Morgan fingerprint density at radius 1 is 0.339 bits per heavy atom. The number of nitrogens with zero attached hydrogens (tertiary/aromatic N) is 1. The van der Waals surface area contributed by atoms with Crippen molar-refractivity contribution in [2.45, 2.75) is 19.3 Å². The van der Waals surface area contributed by atoms with Gasteiger partial charge in [0.1, 0.15) is 5.75 Å². The van der Waals surface area contributed by atoms with Gasteiger partial charge in [-0.3, -0.25) is 0 Å². The van der Waals surface area contributed by atoms with E-state index in [9.17, 15) is 0 Å². The zero-order valence-electron chi connectivity index (χ0n) is 33.1. The largest absolute Gasteiger partial charge is 0.454 e. The minimum atomic E-state index is -0.167. The van der Waals surface area contributed by atoms with E-state index in [2.05, 4.69) is 231 Å². The second kappa shape index (κ2) is 13.9. The molecule has 9 aromatic carbocycles. The van der Waals surface area contributed by atoms with Crippen LogP contribution in [0.1, 0.15) is 25.0 Å². The summed E-state index contributed by atoms with van der Waals surface area (Å²) in [4.78, 5) is 2.39. The van der Waals surface area contributed by atoms with Crippen LogP contribution in [0, 0.1) is 0 Å². The standard InChI is InChI=1S/C57H41NO/c1-57(2)52-28-14-12-25-48(52)49-36-35-41(37-53(49)57)58(40-33-31-39(32-34-40)38-17-4-3-5-18-38)54-29-16-27-51-47-24-11-9-22-45(47)43-20-7-6-19-42(43)44-21-8-10-23-46(44)50-26-13-15-30-55(50)59-56(51)54/h3-37H,1-2H3. The number of ether oxygens (including phenoxy) is 1. The molecule has 0 saturated heterocycles. The van der Waals surface area contributed by atoms with Gasteiger partial charge in [0.05, 0.1) is 5.69 Å². The number of fused-ring (bicyclic) bond motifs is 12. The predicted octanol–water partition coefficient (Wildman–Crippen LogP) is 15.9. The maximum Gasteiger partial charge on any atom is 0.159 e. The fraction of sp³-hybridized carbons (Fsp3) is 0.0526. The van der Waals surface area contributed by atoms with Crippen LogP contribution < -0.4 is 9.64 Å². The molecule has 59 heavy (non-hydrogen) atoms. The third-order valence-electron chi connectivity index (χ3n) is 12.3. The van der Waals surface area contributed by atoms with Crippen molar-refractivity contribution in [1.29, 1.82) is 0 Å². The Balaban J connectivity index is 1.19.